The van der Waals surface area contributed by atoms with Gasteiger partial charge in [-0.25, -0.2) is 0 Å². The lowest BCUT2D eigenvalue weighted by atomic mass is 9.97. The van der Waals surface area contributed by atoms with Gasteiger partial charge in [-0.2, -0.15) is 0 Å². The Morgan fingerprint density at radius 1 is 1.50 bits per heavy atom. The molecule has 0 saturated carbocycles. The quantitative estimate of drug-likeness (QED) is 0.672. The maximum atomic E-state index is 6.13. The molecular weight excluding hydrogens is 176 g/mol. The van der Waals surface area contributed by atoms with Gasteiger partial charge < -0.3 is 10.2 Å². The van der Waals surface area contributed by atoms with Crippen molar-refractivity contribution >= 4 is 0 Å². The summed E-state index contributed by atoms with van der Waals surface area (Å²) in [5, 5.41) is 0. The van der Waals surface area contributed by atoms with Crippen molar-refractivity contribution in [3.8, 4) is 0 Å². The number of rotatable bonds is 0. The summed E-state index contributed by atoms with van der Waals surface area (Å²) in [5.74, 6) is 2.19. The van der Waals surface area contributed by atoms with Gasteiger partial charge in [-0.1, -0.05) is 0 Å². The fraction of sp³-hybridized carbons (Fsp3) is 0.636. The van der Waals surface area contributed by atoms with Crippen molar-refractivity contribution in [2.45, 2.75) is 31.8 Å². The SMILES string of the molecule is Cc1cc2c(o1)CCN1CCC(N)C21. The van der Waals surface area contributed by atoms with Crippen LogP contribution in [0.25, 0.3) is 0 Å². The van der Waals surface area contributed by atoms with Crippen LogP contribution in [0.15, 0.2) is 10.5 Å². The van der Waals surface area contributed by atoms with Crippen molar-refractivity contribution in [3.05, 3.63) is 23.2 Å². The van der Waals surface area contributed by atoms with Crippen molar-refractivity contribution in [1.29, 1.82) is 0 Å². The molecule has 3 heterocycles. The molecular formula is C11H16N2O. The topological polar surface area (TPSA) is 42.4 Å². The molecule has 1 fully saturated rings. The van der Waals surface area contributed by atoms with Gasteiger partial charge in [0.25, 0.3) is 0 Å². The average molecular weight is 192 g/mol. The summed E-state index contributed by atoms with van der Waals surface area (Å²) in [6, 6.07) is 2.89. The molecule has 2 N–H and O–H groups in total. The molecule has 76 valence electrons. The van der Waals surface area contributed by atoms with Gasteiger partial charge in [0.05, 0.1) is 6.04 Å². The third kappa shape index (κ3) is 1.06. The van der Waals surface area contributed by atoms with Crippen LogP contribution in [0.5, 0.6) is 0 Å². The summed E-state index contributed by atoms with van der Waals surface area (Å²) in [4.78, 5) is 2.49. The predicted molar refractivity (Wildman–Crippen MR) is 54.1 cm³/mol. The van der Waals surface area contributed by atoms with Crippen molar-refractivity contribution < 1.29 is 4.42 Å². The van der Waals surface area contributed by atoms with Crippen molar-refractivity contribution in [3.63, 3.8) is 0 Å². The summed E-state index contributed by atoms with van der Waals surface area (Å²) in [6.45, 7) is 4.27. The molecule has 3 heteroatoms. The Labute approximate surface area is 83.9 Å². The molecule has 1 aromatic heterocycles. The van der Waals surface area contributed by atoms with E-state index in [1.54, 1.807) is 0 Å². The molecule has 0 amide bonds. The minimum atomic E-state index is 0.297. The van der Waals surface area contributed by atoms with Gasteiger partial charge >= 0.3 is 0 Å². The number of nitrogens with zero attached hydrogens (tertiary/aromatic N) is 1. The summed E-state index contributed by atoms with van der Waals surface area (Å²) < 4.78 is 5.68. The maximum absolute atomic E-state index is 6.13. The Morgan fingerprint density at radius 3 is 3.21 bits per heavy atom. The zero-order valence-electron chi connectivity index (χ0n) is 8.49. The first-order chi connectivity index (χ1) is 6.75. The number of furan rings is 1. The summed E-state index contributed by atoms with van der Waals surface area (Å²) in [7, 11) is 0. The molecule has 2 aliphatic rings. The van der Waals surface area contributed by atoms with Gasteiger partial charge in [0.2, 0.25) is 0 Å². The number of fused-ring (bicyclic) bond motifs is 3. The van der Waals surface area contributed by atoms with Crippen molar-refractivity contribution in [2.24, 2.45) is 5.73 Å². The van der Waals surface area contributed by atoms with Crippen LogP contribution in [0.3, 0.4) is 0 Å². The number of hydrogen-bond donors (Lipinski definition) is 1. The highest BCUT2D eigenvalue weighted by Gasteiger charge is 2.38. The lowest BCUT2D eigenvalue weighted by Crippen LogP contribution is -2.36. The molecule has 0 aromatic carbocycles. The van der Waals surface area contributed by atoms with E-state index in [9.17, 15) is 0 Å². The van der Waals surface area contributed by atoms with Gasteiger partial charge in [-0.3, -0.25) is 4.90 Å². The normalized spacial score (nSPS) is 31.6. The monoisotopic (exact) mass is 192 g/mol. The molecule has 0 bridgehead atoms. The van der Waals surface area contributed by atoms with Gasteiger partial charge in [0, 0.05) is 31.1 Å². The van der Waals surface area contributed by atoms with Crippen LogP contribution in [0.4, 0.5) is 0 Å². The molecule has 0 aliphatic carbocycles. The lowest BCUT2D eigenvalue weighted by Gasteiger charge is -2.30. The lowest BCUT2D eigenvalue weighted by molar-refractivity contribution is 0.222. The van der Waals surface area contributed by atoms with Crippen LogP contribution >= 0.6 is 0 Å². The molecule has 3 rings (SSSR count). The second-order valence-corrected chi connectivity index (χ2v) is 4.42. The van der Waals surface area contributed by atoms with E-state index in [1.807, 2.05) is 6.92 Å². The van der Waals surface area contributed by atoms with E-state index in [-0.39, 0.29) is 0 Å². The van der Waals surface area contributed by atoms with Crippen LogP contribution in [0.2, 0.25) is 0 Å². The standard InChI is InChI=1S/C11H16N2O/c1-7-6-8-10(14-7)3-5-13-4-2-9(12)11(8)13/h6,9,11H,2-5,12H2,1H3. The first kappa shape index (κ1) is 8.50. The van der Waals surface area contributed by atoms with E-state index in [0.29, 0.717) is 12.1 Å². The zero-order valence-corrected chi connectivity index (χ0v) is 8.49. The predicted octanol–water partition coefficient (Wildman–Crippen LogP) is 1.22. The second-order valence-electron chi connectivity index (χ2n) is 4.42. The highest BCUT2D eigenvalue weighted by molar-refractivity contribution is 5.30. The van der Waals surface area contributed by atoms with Crippen molar-refractivity contribution in [1.82, 2.24) is 4.90 Å². The first-order valence-electron chi connectivity index (χ1n) is 5.34. The van der Waals surface area contributed by atoms with Gasteiger partial charge in [-0.05, 0) is 19.4 Å². The van der Waals surface area contributed by atoms with Gasteiger partial charge in [-0.15, -0.1) is 0 Å². The van der Waals surface area contributed by atoms with Crippen LogP contribution in [-0.4, -0.2) is 24.0 Å². The third-order valence-electron chi connectivity index (χ3n) is 3.46. The molecule has 0 spiro atoms. The summed E-state index contributed by atoms with van der Waals surface area (Å²) in [6.07, 6.45) is 2.17. The van der Waals surface area contributed by atoms with Crippen LogP contribution in [0, 0.1) is 6.92 Å². The average Bonchev–Trinajstić information content (AvgIpc) is 2.68. The van der Waals surface area contributed by atoms with Gasteiger partial charge in [0.15, 0.2) is 0 Å². The van der Waals surface area contributed by atoms with Crippen LogP contribution in [-0.2, 0) is 6.42 Å². The van der Waals surface area contributed by atoms with E-state index in [0.717, 1.165) is 31.7 Å². The van der Waals surface area contributed by atoms with E-state index in [4.69, 9.17) is 10.2 Å². The fourth-order valence-electron chi connectivity index (χ4n) is 2.83. The molecule has 0 radical (unpaired) electrons. The number of nitrogens with two attached hydrogens (primary N) is 1. The molecule has 2 atom stereocenters. The second kappa shape index (κ2) is 2.84. The van der Waals surface area contributed by atoms with Crippen molar-refractivity contribution in [2.75, 3.05) is 13.1 Å². The Kier molecular flexibility index (Phi) is 1.73. The van der Waals surface area contributed by atoms with E-state index in [1.165, 1.54) is 11.3 Å². The van der Waals surface area contributed by atoms with E-state index in [2.05, 4.69) is 11.0 Å². The largest absolute Gasteiger partial charge is 0.466 e. The highest BCUT2D eigenvalue weighted by atomic mass is 16.3. The van der Waals surface area contributed by atoms with Crippen LogP contribution < -0.4 is 5.73 Å². The van der Waals surface area contributed by atoms with E-state index >= 15 is 0 Å². The Bertz CT molecular complexity index is 358. The highest BCUT2D eigenvalue weighted by Crippen LogP contribution is 2.38. The smallest absolute Gasteiger partial charge is 0.110 e. The Hall–Kier alpha value is -0.800. The maximum Gasteiger partial charge on any atom is 0.110 e. The first-order valence-corrected chi connectivity index (χ1v) is 5.34. The molecule has 3 nitrogen and oxygen atoms in total. The minimum absolute atomic E-state index is 0.297. The van der Waals surface area contributed by atoms with Crippen LogP contribution in [0.1, 0.15) is 29.5 Å². The Morgan fingerprint density at radius 2 is 2.36 bits per heavy atom. The number of hydrogen-bond acceptors (Lipinski definition) is 3. The van der Waals surface area contributed by atoms with Gasteiger partial charge in [0.1, 0.15) is 11.5 Å². The molecule has 14 heavy (non-hydrogen) atoms. The number of aryl methyl sites for hydroxylation is 1. The summed E-state index contributed by atoms with van der Waals surface area (Å²) >= 11 is 0. The molecule has 2 aliphatic heterocycles. The Balaban J connectivity index is 2.06. The minimum Gasteiger partial charge on any atom is -0.466 e. The zero-order chi connectivity index (χ0) is 9.71. The fourth-order valence-corrected chi connectivity index (χ4v) is 2.83. The third-order valence-corrected chi connectivity index (χ3v) is 3.46. The molecule has 2 unspecified atom stereocenters. The molecule has 1 aromatic rings. The summed E-state index contributed by atoms with van der Waals surface area (Å²) in [5.41, 5.74) is 7.48. The molecule has 1 saturated heterocycles. The van der Waals surface area contributed by atoms with E-state index < -0.39 is 0 Å².